The number of esters is 1. The second-order valence-corrected chi connectivity index (χ2v) is 6.75. The largest absolute Gasteiger partial charge is 0.456 e. The zero-order valence-electron chi connectivity index (χ0n) is 14.4. The number of ether oxygens (including phenoxy) is 1. The lowest BCUT2D eigenvalue weighted by Gasteiger charge is -2.05. The average Bonchev–Trinajstić information content (AvgIpc) is 3.39. The minimum Gasteiger partial charge on any atom is -0.456 e. The Morgan fingerprint density at radius 1 is 1.19 bits per heavy atom. The minimum atomic E-state index is -0.421. The maximum atomic E-state index is 12.3. The van der Waals surface area contributed by atoms with Gasteiger partial charge in [-0.25, -0.2) is 14.5 Å². The van der Waals surface area contributed by atoms with E-state index in [1.165, 1.54) is 27.9 Å². The molecule has 0 bridgehead atoms. The second-order valence-electron chi connectivity index (χ2n) is 5.89. The molecule has 27 heavy (non-hydrogen) atoms. The monoisotopic (exact) mass is 377 g/mol. The van der Waals surface area contributed by atoms with Gasteiger partial charge < -0.3 is 4.74 Å². The molecule has 0 aliphatic carbocycles. The summed E-state index contributed by atoms with van der Waals surface area (Å²) in [5.41, 5.74) is 4.09. The maximum absolute atomic E-state index is 12.3. The highest BCUT2D eigenvalue weighted by atomic mass is 32.1. The van der Waals surface area contributed by atoms with Gasteiger partial charge in [0.05, 0.1) is 16.9 Å². The molecule has 2 aromatic carbocycles. The molecule has 0 atom stereocenters. The van der Waals surface area contributed by atoms with Gasteiger partial charge in [0.2, 0.25) is 0 Å². The van der Waals surface area contributed by atoms with E-state index in [0.717, 1.165) is 16.3 Å². The van der Waals surface area contributed by atoms with Crippen molar-refractivity contribution in [3.05, 3.63) is 77.1 Å². The van der Waals surface area contributed by atoms with Crippen LogP contribution in [0.4, 0.5) is 0 Å². The van der Waals surface area contributed by atoms with E-state index in [-0.39, 0.29) is 6.61 Å². The molecule has 4 aromatic rings. The molecule has 4 rings (SSSR count). The molecular weight excluding hydrogens is 362 g/mol. The predicted molar refractivity (Wildman–Crippen MR) is 101 cm³/mol. The van der Waals surface area contributed by atoms with E-state index in [1.807, 2.05) is 36.6 Å². The van der Waals surface area contributed by atoms with Crippen LogP contribution >= 0.6 is 11.3 Å². The van der Waals surface area contributed by atoms with Crippen LogP contribution < -0.4 is 0 Å². The fourth-order valence-electron chi connectivity index (χ4n) is 2.48. The van der Waals surface area contributed by atoms with Gasteiger partial charge in [0.25, 0.3) is 0 Å². The number of thiazole rings is 1. The highest BCUT2D eigenvalue weighted by Gasteiger charge is 2.11. The van der Waals surface area contributed by atoms with E-state index in [1.54, 1.807) is 24.3 Å². The number of carbonyl (C=O) groups excluding carboxylic acids is 1. The first-order valence-corrected chi connectivity index (χ1v) is 9.09. The molecule has 0 saturated carbocycles. The van der Waals surface area contributed by atoms with Gasteiger partial charge in [-0.1, -0.05) is 35.9 Å². The Bertz CT molecular complexity index is 1060. The van der Waals surface area contributed by atoms with E-state index in [0.29, 0.717) is 11.3 Å². The van der Waals surface area contributed by atoms with E-state index >= 15 is 0 Å². The smallest absolute Gasteiger partial charge is 0.338 e. The second kappa shape index (κ2) is 7.46. The number of rotatable bonds is 5. The van der Waals surface area contributed by atoms with Crippen LogP contribution in [-0.2, 0) is 11.3 Å². The van der Waals surface area contributed by atoms with Crippen molar-refractivity contribution in [2.75, 3.05) is 0 Å². The Labute approximate surface area is 159 Å². The number of hydrogen-bond donors (Lipinski definition) is 0. The Morgan fingerprint density at radius 3 is 2.81 bits per heavy atom. The highest BCUT2D eigenvalue weighted by molar-refractivity contribution is 7.13. The fraction of sp³-hybridized carbons (Fsp3) is 0.105. The molecule has 0 fully saturated rings. The Hall–Kier alpha value is -3.39. The van der Waals surface area contributed by atoms with Crippen molar-refractivity contribution in [2.24, 2.45) is 0 Å². The van der Waals surface area contributed by atoms with Crippen LogP contribution in [0.1, 0.15) is 21.6 Å². The molecule has 2 aromatic heterocycles. The van der Waals surface area contributed by atoms with Crippen LogP contribution in [0.3, 0.4) is 0 Å². The van der Waals surface area contributed by atoms with Crippen LogP contribution in [0, 0.1) is 6.92 Å². The highest BCUT2D eigenvalue weighted by Crippen LogP contribution is 2.24. The molecule has 2 heterocycles. The Morgan fingerprint density at radius 2 is 2.04 bits per heavy atom. The molecule has 0 unspecified atom stereocenters. The molecule has 0 amide bonds. The minimum absolute atomic E-state index is 0.121. The molecule has 8 heteroatoms. The van der Waals surface area contributed by atoms with Crippen LogP contribution in [-0.4, -0.2) is 31.2 Å². The normalized spacial score (nSPS) is 10.7. The number of aryl methyl sites for hydroxylation is 1. The van der Waals surface area contributed by atoms with Gasteiger partial charge in [0.15, 0.2) is 0 Å². The first-order valence-electron chi connectivity index (χ1n) is 8.21. The first-order chi connectivity index (χ1) is 13.2. The van der Waals surface area contributed by atoms with Gasteiger partial charge in [-0.3, -0.25) is 0 Å². The summed E-state index contributed by atoms with van der Waals surface area (Å²) < 4.78 is 6.88. The van der Waals surface area contributed by atoms with Gasteiger partial charge in [-0.2, -0.15) is 0 Å². The van der Waals surface area contributed by atoms with Gasteiger partial charge in [0.1, 0.15) is 17.9 Å². The van der Waals surface area contributed by atoms with Crippen LogP contribution in [0.2, 0.25) is 0 Å². The number of tetrazole rings is 1. The topological polar surface area (TPSA) is 82.8 Å². The van der Waals surface area contributed by atoms with E-state index in [4.69, 9.17) is 4.74 Å². The van der Waals surface area contributed by atoms with Crippen molar-refractivity contribution in [1.29, 1.82) is 0 Å². The average molecular weight is 377 g/mol. The van der Waals surface area contributed by atoms with Crippen molar-refractivity contribution in [3.8, 4) is 16.3 Å². The molecule has 134 valence electrons. The summed E-state index contributed by atoms with van der Waals surface area (Å²) in [5.74, 6) is -0.421. The van der Waals surface area contributed by atoms with Gasteiger partial charge in [0, 0.05) is 10.9 Å². The first kappa shape index (κ1) is 17.0. The predicted octanol–water partition coefficient (Wildman–Crippen LogP) is 3.45. The third-order valence-corrected chi connectivity index (χ3v) is 4.84. The van der Waals surface area contributed by atoms with Crippen LogP contribution in [0.15, 0.2) is 60.2 Å². The number of aromatic nitrogens is 5. The third-order valence-electron chi connectivity index (χ3n) is 3.90. The molecular formula is C19H15N5O2S. The van der Waals surface area contributed by atoms with Gasteiger partial charge in [-0.05, 0) is 35.5 Å². The summed E-state index contributed by atoms with van der Waals surface area (Å²) in [7, 11) is 0. The lowest BCUT2D eigenvalue weighted by Crippen LogP contribution is -2.06. The summed E-state index contributed by atoms with van der Waals surface area (Å²) in [5, 5.41) is 13.8. The van der Waals surface area contributed by atoms with E-state index < -0.39 is 5.97 Å². The van der Waals surface area contributed by atoms with Crippen molar-refractivity contribution < 1.29 is 9.53 Å². The third kappa shape index (κ3) is 3.90. The molecule has 0 radical (unpaired) electrons. The quantitative estimate of drug-likeness (QED) is 0.496. The summed E-state index contributed by atoms with van der Waals surface area (Å²) in [6.07, 6.45) is 1.46. The van der Waals surface area contributed by atoms with E-state index in [2.05, 4.69) is 20.5 Å². The van der Waals surface area contributed by atoms with Gasteiger partial charge >= 0.3 is 5.97 Å². The summed E-state index contributed by atoms with van der Waals surface area (Å²) in [4.78, 5) is 16.9. The maximum Gasteiger partial charge on any atom is 0.338 e. The molecule has 0 N–H and O–H groups in total. The Kier molecular flexibility index (Phi) is 4.71. The van der Waals surface area contributed by atoms with Crippen molar-refractivity contribution >= 4 is 17.3 Å². The number of hydrogen-bond acceptors (Lipinski definition) is 7. The van der Waals surface area contributed by atoms with Crippen molar-refractivity contribution in [1.82, 2.24) is 25.2 Å². The molecule has 0 aliphatic rings. The lowest BCUT2D eigenvalue weighted by atomic mass is 10.2. The Balaban J connectivity index is 1.43. The van der Waals surface area contributed by atoms with Crippen molar-refractivity contribution in [3.63, 3.8) is 0 Å². The van der Waals surface area contributed by atoms with Gasteiger partial charge in [-0.15, -0.1) is 16.4 Å². The summed E-state index contributed by atoms with van der Waals surface area (Å²) >= 11 is 1.53. The number of benzene rings is 2. The molecule has 0 aliphatic heterocycles. The van der Waals surface area contributed by atoms with Crippen LogP contribution in [0.25, 0.3) is 16.3 Å². The summed E-state index contributed by atoms with van der Waals surface area (Å²) in [6.45, 7) is 2.17. The van der Waals surface area contributed by atoms with Crippen LogP contribution in [0.5, 0.6) is 0 Å². The zero-order valence-corrected chi connectivity index (χ0v) is 15.3. The van der Waals surface area contributed by atoms with Crippen molar-refractivity contribution in [2.45, 2.75) is 13.5 Å². The number of nitrogens with zero attached hydrogens (tertiary/aromatic N) is 5. The fourth-order valence-corrected chi connectivity index (χ4v) is 3.29. The SMILES string of the molecule is Cc1ccc(-c2nc(COC(=O)c3cccc(-n4cnnn4)c3)cs2)cc1. The summed E-state index contributed by atoms with van der Waals surface area (Å²) in [6, 6.07) is 15.1. The zero-order chi connectivity index (χ0) is 18.6. The standard InChI is InChI=1S/C19H15N5O2S/c1-13-5-7-14(8-6-13)18-21-16(11-27-18)10-26-19(25)15-3-2-4-17(9-15)24-12-20-22-23-24/h2-9,11-12H,10H2,1H3. The lowest BCUT2D eigenvalue weighted by molar-refractivity contribution is 0.0468. The molecule has 0 spiro atoms. The number of carbonyl (C=O) groups is 1. The molecule has 7 nitrogen and oxygen atoms in total. The molecule has 0 saturated heterocycles. The van der Waals surface area contributed by atoms with E-state index in [9.17, 15) is 4.79 Å².